The van der Waals surface area contributed by atoms with Crippen LogP contribution in [0.2, 0.25) is 0 Å². The summed E-state index contributed by atoms with van der Waals surface area (Å²) in [5.74, 6) is -4.12. The van der Waals surface area contributed by atoms with Crippen molar-refractivity contribution in [3.63, 3.8) is 0 Å². The van der Waals surface area contributed by atoms with Crippen LogP contribution < -0.4 is 0 Å². The number of pyridine rings is 12. The first-order valence-corrected chi connectivity index (χ1v) is 41.7. The molecule has 12 aromatic heterocycles. The van der Waals surface area contributed by atoms with Crippen molar-refractivity contribution >= 4 is 0 Å². The molecule has 0 amide bonds. The van der Waals surface area contributed by atoms with Gasteiger partial charge in [0.1, 0.15) is 0 Å². The van der Waals surface area contributed by atoms with Gasteiger partial charge in [0.25, 0.3) is 0 Å². The van der Waals surface area contributed by atoms with Crippen LogP contribution in [-0.4, -0.2) is 59.8 Å². The second-order valence-corrected chi connectivity index (χ2v) is 28.3. The van der Waals surface area contributed by atoms with Crippen molar-refractivity contribution in [2.75, 3.05) is 0 Å². The van der Waals surface area contributed by atoms with E-state index >= 15 is 0 Å². The van der Waals surface area contributed by atoms with Crippen LogP contribution in [0.15, 0.2) is 438 Å². The van der Waals surface area contributed by atoms with Crippen LogP contribution in [0.3, 0.4) is 0 Å². The van der Waals surface area contributed by atoms with E-state index < -0.39 is 38.2 Å². The Labute approximate surface area is 860 Å². The van der Waals surface area contributed by atoms with Crippen molar-refractivity contribution in [1.82, 2.24) is 59.8 Å². The predicted octanol–water partition coefficient (Wildman–Crippen LogP) is 27.8. The summed E-state index contributed by atoms with van der Waals surface area (Å²) in [4.78, 5) is 52.1. The monoisotopic (exact) mass is 2460 g/mol. The predicted molar refractivity (Wildman–Crippen MR) is 528 cm³/mol. The normalized spacial score (nSPS) is 12.6. The van der Waals surface area contributed by atoms with E-state index in [0.29, 0.717) is 28.3 Å². The maximum absolute atomic E-state index is 8.30. The number of hydrogen-bond donors (Lipinski definition) is 0. The summed E-state index contributed by atoms with van der Waals surface area (Å²) in [6.07, 6.45) is 10.1. The fourth-order valence-electron chi connectivity index (χ4n) is 12.6. The molecule has 0 saturated heterocycles. The van der Waals surface area contributed by atoms with E-state index in [2.05, 4.69) is 108 Å². The average Bonchev–Trinajstić information content (AvgIpc) is 0.748. The molecule has 134 heavy (non-hydrogen) atoms. The van der Waals surface area contributed by atoms with Gasteiger partial charge in [0.2, 0.25) is 0 Å². The zero-order valence-electron chi connectivity index (χ0n) is 85.3. The van der Waals surface area contributed by atoms with Crippen LogP contribution >= 0.6 is 0 Å². The third-order valence-electron chi connectivity index (χ3n) is 18.9. The Kier molecular flexibility index (Phi) is 37.2. The molecule has 20 rings (SSSR count). The first-order valence-electron chi connectivity index (χ1n) is 47.7. The summed E-state index contributed by atoms with van der Waals surface area (Å²) in [5.41, 5.74) is 22.7. The molecule has 0 bridgehead atoms. The molecule has 4 radical (unpaired) electrons. The Morgan fingerprint density at radius 2 is 0.507 bits per heavy atom. The van der Waals surface area contributed by atoms with Crippen molar-refractivity contribution in [3.05, 3.63) is 509 Å². The van der Waals surface area contributed by atoms with Gasteiger partial charge in [0.15, 0.2) is 0 Å². The number of rotatable bonds is 16. The van der Waals surface area contributed by atoms with Crippen LogP contribution in [0.1, 0.15) is 79.6 Å². The first kappa shape index (κ1) is 86.8. The third kappa shape index (κ3) is 33.5. The van der Waals surface area contributed by atoms with Gasteiger partial charge in [-0.15, -0.1) is 287 Å². The van der Waals surface area contributed by atoms with Crippen molar-refractivity contribution in [2.24, 2.45) is 5.89 Å². The first-order chi connectivity index (χ1) is 68.6. The zero-order chi connectivity index (χ0) is 100. The second-order valence-electron chi connectivity index (χ2n) is 28.3. The fraction of sp³-hybridized carbons (Fsp3) is 0.0847. The molecule has 0 aliphatic heterocycles. The summed E-state index contributed by atoms with van der Waals surface area (Å²) < 4.78 is 93.9. The minimum atomic E-state index is -2.80. The molecule has 672 valence electrons. The molecule has 12 heterocycles. The molecule has 2 atom stereocenters. The van der Waals surface area contributed by atoms with Gasteiger partial charge in [-0.05, 0) is 196 Å². The van der Waals surface area contributed by atoms with Crippen LogP contribution in [0.25, 0.3) is 135 Å². The Hall–Kier alpha value is -13.8. The van der Waals surface area contributed by atoms with Crippen LogP contribution in [0.5, 0.6) is 0 Å². The van der Waals surface area contributed by atoms with Crippen molar-refractivity contribution < 1.29 is 96.9 Å². The smallest absolute Gasteiger partial charge is 0.0698 e. The van der Waals surface area contributed by atoms with Gasteiger partial charge in [0.05, 0.1) is 22.8 Å². The average molecular weight is 2460 g/mol. The molecule has 8 aromatic carbocycles. The minimum absolute atomic E-state index is 0. The molecule has 0 aliphatic carbocycles. The number of nitrogens with zero attached hydrogens (tertiary/aromatic N) is 12. The molecule has 0 saturated carbocycles. The summed E-state index contributed by atoms with van der Waals surface area (Å²) in [5, 5.41) is 0. The van der Waals surface area contributed by atoms with E-state index in [9.17, 15) is 0 Å². The standard InChI is InChI=1S/C20H19N2.C19H17N2.C18H15N2.C17H13N2.4C11H8N.4Ir/c1-15(2)13-18-9-6-10-19(22-18)17-11-12-21-20(14-17)16-7-4-3-5-8-16;1-14(2)17-9-6-10-18(21-17)16-11-12-20-19(13-16)15-7-4-3-5-8-15;1-2-16-9-6-10-17(20-16)15-11-12-19-18(13-15)14-7-4-3-5-8-14;1-13-6-5-9-16(19-13)15-10-11-18-17(12-15)14-7-3-2-4-8-14;4*1-2-6-10(7-3-1)11-8-4-5-9-12-11;;;;/h3-7,9-12,14-15H,13H2,1-2H3;3-7,9-14H,1-2H3;3-7,9-13H,2H2,1H3;2-7,9-12H,1H3;4*1-6,8-9H;;;;/q8*-1;;;;/i1D3,13D2,15D;1D3,14D;2D2;;;;;;;;;. The molecular weight excluding hydrogens is 2350 g/mol. The Morgan fingerprint density at radius 3 is 0.776 bits per heavy atom. The quantitative estimate of drug-likeness (QED) is 0.0846. The van der Waals surface area contributed by atoms with E-state index in [1.807, 2.05) is 347 Å². The van der Waals surface area contributed by atoms with Gasteiger partial charge in [-0.3, -0.25) is 19.9 Å². The molecule has 0 N–H and O–H groups in total. The van der Waals surface area contributed by atoms with Gasteiger partial charge in [-0.2, -0.15) is 0 Å². The van der Waals surface area contributed by atoms with Crippen LogP contribution in [0.4, 0.5) is 0 Å². The topological polar surface area (TPSA) is 155 Å². The third-order valence-corrected chi connectivity index (χ3v) is 18.9. The molecule has 0 fully saturated rings. The second kappa shape index (κ2) is 57.5. The summed E-state index contributed by atoms with van der Waals surface area (Å²) in [6.45, 7) is 0.682. The molecule has 0 spiro atoms. The van der Waals surface area contributed by atoms with Gasteiger partial charge in [-0.1, -0.05) is 132 Å². The maximum Gasteiger partial charge on any atom is 0.0698 e. The van der Waals surface area contributed by atoms with Gasteiger partial charge >= 0.3 is 0 Å². The molecule has 16 heteroatoms. The summed E-state index contributed by atoms with van der Waals surface area (Å²) in [7, 11) is 0. The number of aryl methyl sites for hydroxylation is 2. The molecule has 20 aromatic rings. The Morgan fingerprint density at radius 1 is 0.254 bits per heavy atom. The van der Waals surface area contributed by atoms with E-state index in [4.69, 9.17) is 16.4 Å². The van der Waals surface area contributed by atoms with Gasteiger partial charge < -0.3 is 39.9 Å². The van der Waals surface area contributed by atoms with Crippen molar-refractivity contribution in [2.45, 2.75) is 60.0 Å². The molecule has 0 aliphatic rings. The number of aromatic nitrogens is 12. The molecule has 12 nitrogen and oxygen atoms in total. The maximum atomic E-state index is 8.30. The Bertz CT molecular complexity index is 6810. The van der Waals surface area contributed by atoms with E-state index in [0.717, 1.165) is 125 Å². The Balaban J connectivity index is 0.000000189. The number of hydrogen-bond acceptors (Lipinski definition) is 12. The minimum Gasteiger partial charge on any atom is -0.305 e. The van der Waals surface area contributed by atoms with Crippen molar-refractivity contribution in [3.8, 4) is 135 Å². The SMILES string of the molecule is Cc1cccc(-c2ccnc(-c3[c-]cccc3)c2)n1.[2H]C([2H])(C)c1cccc(-c2ccnc(-c3[c-]cccc3)c2)n1.[2H]C([2H])([2H])C([2H])(C)C([2H])([2H])c1cccc(-c2ccnc(-c3[c-]cccc3)c2)n1.[2H]C([2H])([2H])C([2H])(C)c1cccc(-c2ccnc(-c3[c-]cccc3)c2)n1.[Ir].[Ir].[Ir].[Ir].[c-]1ccccc1-c1ccccn1.[c-]1ccccc1-c1ccccn1.[c-]1ccccc1-c1ccccn1.[c-]1ccccc1-c1ccccn1. The molecule has 2 unspecified atom stereocenters. The van der Waals surface area contributed by atoms with E-state index in [1.54, 1.807) is 91.9 Å². The van der Waals surface area contributed by atoms with E-state index in [-0.39, 0.29) is 91.8 Å². The van der Waals surface area contributed by atoms with Crippen LogP contribution in [0, 0.1) is 61.3 Å². The van der Waals surface area contributed by atoms with Gasteiger partial charge in [0, 0.05) is 169 Å². The summed E-state index contributed by atoms with van der Waals surface area (Å²) in [6, 6.07) is 147. The molecular formula is C118H96Ir4N12-8. The van der Waals surface area contributed by atoms with Crippen molar-refractivity contribution in [1.29, 1.82) is 0 Å². The number of benzene rings is 8. The largest absolute Gasteiger partial charge is 0.305 e. The summed E-state index contributed by atoms with van der Waals surface area (Å²) >= 11 is 0. The van der Waals surface area contributed by atoms with Crippen LogP contribution in [-0.2, 0) is 93.2 Å². The van der Waals surface area contributed by atoms with E-state index in [1.165, 1.54) is 19.9 Å². The van der Waals surface area contributed by atoms with Gasteiger partial charge in [-0.25, -0.2) is 0 Å². The zero-order valence-corrected chi connectivity index (χ0v) is 82.8. The fourth-order valence-corrected chi connectivity index (χ4v) is 12.6.